The molecule has 0 aromatic rings. The topological polar surface area (TPSA) is 81.4 Å². The fourth-order valence-corrected chi connectivity index (χ4v) is 1.95. The third kappa shape index (κ3) is 1.48. The predicted molar refractivity (Wildman–Crippen MR) is 52.5 cm³/mol. The Kier molecular flexibility index (Phi) is 2.17. The second-order valence-electron chi connectivity index (χ2n) is 4.06. The number of rotatable bonds is 3. The van der Waals surface area contributed by atoms with Crippen LogP contribution in [0.5, 0.6) is 0 Å². The van der Waals surface area contributed by atoms with Crippen molar-refractivity contribution in [2.24, 2.45) is 17.1 Å². The van der Waals surface area contributed by atoms with E-state index in [4.69, 9.17) is 10.5 Å². The maximum Gasteiger partial charge on any atom is 0.285 e. The van der Waals surface area contributed by atoms with Crippen LogP contribution < -0.4 is 11.1 Å². The molecule has 1 atom stereocenters. The number of primary amides is 1. The van der Waals surface area contributed by atoms with E-state index in [2.05, 4.69) is 5.32 Å². The van der Waals surface area contributed by atoms with Crippen LogP contribution in [-0.4, -0.2) is 25.5 Å². The summed E-state index contributed by atoms with van der Waals surface area (Å²) in [5.74, 6) is -0.247. The lowest BCUT2D eigenvalue weighted by Gasteiger charge is -2.20. The number of likely N-dealkylation sites (N-methyl/N-ethyl adjacent to an activating group) is 1. The average Bonchev–Trinajstić information content (AvgIpc) is 2.97. The number of carbonyl (C=O) groups is 2. The van der Waals surface area contributed by atoms with Crippen molar-refractivity contribution in [3.8, 4) is 0 Å². The number of hydrogen-bond donors (Lipinski definition) is 2. The van der Waals surface area contributed by atoms with Gasteiger partial charge in [0.15, 0.2) is 5.76 Å². The molecule has 5 heteroatoms. The number of amides is 2. The fourth-order valence-electron chi connectivity index (χ4n) is 1.95. The van der Waals surface area contributed by atoms with Gasteiger partial charge in [0.1, 0.15) is 12.0 Å². The zero-order valence-corrected chi connectivity index (χ0v) is 8.58. The van der Waals surface area contributed by atoms with Crippen molar-refractivity contribution in [2.75, 3.05) is 13.7 Å². The summed E-state index contributed by atoms with van der Waals surface area (Å²) in [7, 11) is 1.52. The third-order valence-electron chi connectivity index (χ3n) is 3.07. The Labute approximate surface area is 87.6 Å². The van der Waals surface area contributed by atoms with Crippen LogP contribution >= 0.6 is 0 Å². The molecule has 0 spiro atoms. The molecule has 2 aliphatic rings. The van der Waals surface area contributed by atoms with E-state index in [-0.39, 0.29) is 24.2 Å². The van der Waals surface area contributed by atoms with Gasteiger partial charge in [0.05, 0.1) is 0 Å². The molecule has 1 fully saturated rings. The molecular formula is C10H14N2O3. The van der Waals surface area contributed by atoms with E-state index in [1.807, 2.05) is 0 Å². The van der Waals surface area contributed by atoms with Crippen LogP contribution in [-0.2, 0) is 14.3 Å². The van der Waals surface area contributed by atoms with Gasteiger partial charge in [-0.15, -0.1) is 0 Å². The SMILES string of the molecule is CNC(=O)C1=CC(C(N)=O)(C2CC2)CO1. The summed E-state index contributed by atoms with van der Waals surface area (Å²) in [6, 6.07) is 0. The van der Waals surface area contributed by atoms with Gasteiger partial charge >= 0.3 is 0 Å². The zero-order chi connectivity index (χ0) is 11.1. The molecule has 0 aromatic carbocycles. The molecule has 1 aliphatic heterocycles. The number of hydrogen-bond acceptors (Lipinski definition) is 3. The lowest BCUT2D eigenvalue weighted by atomic mass is 9.83. The molecule has 0 saturated heterocycles. The zero-order valence-electron chi connectivity index (χ0n) is 8.58. The number of carbonyl (C=O) groups excluding carboxylic acids is 2. The summed E-state index contributed by atoms with van der Waals surface area (Å²) in [6.07, 6.45) is 3.54. The molecule has 82 valence electrons. The summed E-state index contributed by atoms with van der Waals surface area (Å²) >= 11 is 0. The molecule has 1 heterocycles. The second kappa shape index (κ2) is 3.25. The van der Waals surface area contributed by atoms with Crippen LogP contribution in [0.4, 0.5) is 0 Å². The normalized spacial score (nSPS) is 29.3. The molecule has 0 bridgehead atoms. The van der Waals surface area contributed by atoms with Gasteiger partial charge in [-0.2, -0.15) is 0 Å². The molecule has 0 radical (unpaired) electrons. The predicted octanol–water partition coefficient (Wildman–Crippen LogP) is -0.472. The van der Waals surface area contributed by atoms with Gasteiger partial charge < -0.3 is 15.8 Å². The first-order valence-electron chi connectivity index (χ1n) is 4.98. The van der Waals surface area contributed by atoms with Crippen LogP contribution in [0.1, 0.15) is 12.8 Å². The molecule has 1 saturated carbocycles. The molecule has 2 amide bonds. The van der Waals surface area contributed by atoms with E-state index in [0.717, 1.165) is 12.8 Å². The molecule has 1 unspecified atom stereocenters. The minimum absolute atomic E-state index is 0.204. The Balaban J connectivity index is 2.26. The lowest BCUT2D eigenvalue weighted by molar-refractivity contribution is -0.128. The summed E-state index contributed by atoms with van der Waals surface area (Å²) in [6.45, 7) is 0.204. The van der Waals surface area contributed by atoms with Crippen LogP contribution in [0, 0.1) is 11.3 Å². The average molecular weight is 210 g/mol. The summed E-state index contributed by atoms with van der Waals surface area (Å²) in [4.78, 5) is 22.7. The molecule has 5 nitrogen and oxygen atoms in total. The Morgan fingerprint density at radius 2 is 2.27 bits per heavy atom. The van der Waals surface area contributed by atoms with Crippen molar-refractivity contribution in [1.29, 1.82) is 0 Å². The molecular weight excluding hydrogens is 196 g/mol. The monoisotopic (exact) mass is 210 g/mol. The first-order valence-corrected chi connectivity index (χ1v) is 4.98. The van der Waals surface area contributed by atoms with Crippen LogP contribution in [0.2, 0.25) is 0 Å². The van der Waals surface area contributed by atoms with Crippen molar-refractivity contribution in [3.05, 3.63) is 11.8 Å². The summed E-state index contributed by atoms with van der Waals surface area (Å²) in [5.41, 5.74) is 4.63. The van der Waals surface area contributed by atoms with E-state index in [1.54, 1.807) is 6.08 Å². The fraction of sp³-hybridized carbons (Fsp3) is 0.600. The first kappa shape index (κ1) is 10.0. The van der Waals surface area contributed by atoms with Crippen molar-refractivity contribution >= 4 is 11.8 Å². The van der Waals surface area contributed by atoms with Crippen LogP contribution in [0.25, 0.3) is 0 Å². The van der Waals surface area contributed by atoms with Crippen molar-refractivity contribution in [3.63, 3.8) is 0 Å². The minimum Gasteiger partial charge on any atom is -0.487 e. The lowest BCUT2D eigenvalue weighted by Crippen LogP contribution is -2.38. The Bertz CT molecular complexity index is 347. The Hall–Kier alpha value is -1.52. The van der Waals surface area contributed by atoms with Gasteiger partial charge in [-0.3, -0.25) is 9.59 Å². The maximum absolute atomic E-state index is 11.4. The standard InChI is InChI=1S/C10H14N2O3/c1-12-8(13)7-4-10(5-15-7,9(11)14)6-2-3-6/h4,6H,2-3,5H2,1H3,(H2,11,14)(H,12,13). The quantitative estimate of drug-likeness (QED) is 0.660. The van der Waals surface area contributed by atoms with Gasteiger partial charge in [0.2, 0.25) is 5.91 Å². The van der Waals surface area contributed by atoms with Crippen molar-refractivity contribution in [1.82, 2.24) is 5.32 Å². The van der Waals surface area contributed by atoms with Crippen LogP contribution in [0.15, 0.2) is 11.8 Å². The molecule has 1 aliphatic carbocycles. The van der Waals surface area contributed by atoms with E-state index in [9.17, 15) is 9.59 Å². The molecule has 2 rings (SSSR count). The maximum atomic E-state index is 11.4. The van der Waals surface area contributed by atoms with Gasteiger partial charge in [-0.05, 0) is 24.8 Å². The van der Waals surface area contributed by atoms with Gasteiger partial charge in [-0.25, -0.2) is 0 Å². The highest BCUT2D eigenvalue weighted by Gasteiger charge is 2.52. The molecule has 15 heavy (non-hydrogen) atoms. The summed E-state index contributed by atoms with van der Waals surface area (Å²) < 4.78 is 5.23. The van der Waals surface area contributed by atoms with Crippen LogP contribution in [0.3, 0.4) is 0 Å². The largest absolute Gasteiger partial charge is 0.487 e. The van der Waals surface area contributed by atoms with E-state index < -0.39 is 11.3 Å². The Morgan fingerprint density at radius 3 is 2.73 bits per heavy atom. The van der Waals surface area contributed by atoms with Gasteiger partial charge in [0.25, 0.3) is 5.91 Å². The molecule has 0 aromatic heterocycles. The van der Waals surface area contributed by atoms with Crippen molar-refractivity contribution < 1.29 is 14.3 Å². The summed E-state index contributed by atoms with van der Waals surface area (Å²) in [5, 5.41) is 2.46. The highest BCUT2D eigenvalue weighted by atomic mass is 16.5. The van der Waals surface area contributed by atoms with E-state index in [0.29, 0.717) is 0 Å². The molecule has 3 N–H and O–H groups in total. The van der Waals surface area contributed by atoms with E-state index >= 15 is 0 Å². The number of nitrogens with two attached hydrogens (primary N) is 1. The van der Waals surface area contributed by atoms with Gasteiger partial charge in [-0.1, -0.05) is 0 Å². The van der Waals surface area contributed by atoms with E-state index in [1.165, 1.54) is 7.05 Å². The van der Waals surface area contributed by atoms with Crippen molar-refractivity contribution in [2.45, 2.75) is 12.8 Å². The third-order valence-corrected chi connectivity index (χ3v) is 3.07. The first-order chi connectivity index (χ1) is 7.10. The second-order valence-corrected chi connectivity index (χ2v) is 4.06. The Morgan fingerprint density at radius 1 is 1.60 bits per heavy atom. The minimum atomic E-state index is -0.748. The highest BCUT2D eigenvalue weighted by molar-refractivity contribution is 5.94. The number of ether oxygens (including phenoxy) is 1. The highest BCUT2D eigenvalue weighted by Crippen LogP contribution is 2.49. The smallest absolute Gasteiger partial charge is 0.285 e. The number of nitrogens with one attached hydrogen (secondary N) is 1. The van der Waals surface area contributed by atoms with Gasteiger partial charge in [0, 0.05) is 7.05 Å².